The summed E-state index contributed by atoms with van der Waals surface area (Å²) in [6, 6.07) is 6.61. The van der Waals surface area contributed by atoms with Crippen LogP contribution in [0, 0.1) is 0 Å². The maximum atomic E-state index is 11.7. The van der Waals surface area contributed by atoms with Crippen LogP contribution < -0.4 is 4.90 Å². The second-order valence-corrected chi connectivity index (χ2v) is 6.51. The average molecular weight is 267 g/mol. The number of Topliss-reactive ketones (excluding diaryl/α,β-unsaturated/α-hetero) is 1. The Labute approximate surface area is 105 Å². The molecular formula is C12H13NO4S. The van der Waals surface area contributed by atoms with Crippen molar-refractivity contribution in [1.82, 2.24) is 0 Å². The first-order chi connectivity index (χ1) is 8.46. The second-order valence-electron chi connectivity index (χ2n) is 4.04. The number of para-hydroxylation sites is 1. The molecule has 6 heteroatoms. The van der Waals surface area contributed by atoms with Gasteiger partial charge in [0.15, 0.2) is 9.84 Å². The summed E-state index contributed by atoms with van der Waals surface area (Å²) < 4.78 is 22.9. The molecule has 0 fully saturated rings. The third kappa shape index (κ3) is 2.15. The summed E-state index contributed by atoms with van der Waals surface area (Å²) in [5.41, 5.74) is 0.843. The van der Waals surface area contributed by atoms with E-state index in [1.54, 1.807) is 31.2 Å². The van der Waals surface area contributed by atoms with Crippen molar-refractivity contribution in [3.63, 3.8) is 0 Å². The molecule has 96 valence electrons. The first kappa shape index (κ1) is 12.8. The number of rotatable bonds is 4. The Kier molecular flexibility index (Phi) is 3.21. The van der Waals surface area contributed by atoms with Gasteiger partial charge in [-0.15, -0.1) is 0 Å². The molecule has 18 heavy (non-hydrogen) atoms. The van der Waals surface area contributed by atoms with Gasteiger partial charge in [0.1, 0.15) is 0 Å². The van der Waals surface area contributed by atoms with Gasteiger partial charge >= 0.3 is 0 Å². The maximum absolute atomic E-state index is 11.7. The monoisotopic (exact) mass is 267 g/mol. The van der Waals surface area contributed by atoms with Crippen LogP contribution in [0.4, 0.5) is 5.69 Å². The van der Waals surface area contributed by atoms with Crippen LogP contribution in [0.5, 0.6) is 0 Å². The number of hydrogen-bond donors (Lipinski definition) is 0. The van der Waals surface area contributed by atoms with Gasteiger partial charge in [-0.2, -0.15) is 0 Å². The van der Waals surface area contributed by atoms with Crippen LogP contribution in [-0.4, -0.2) is 38.2 Å². The smallest absolute Gasteiger partial charge is 0.299 e. The predicted octanol–water partition coefficient (Wildman–Crippen LogP) is 0.651. The Morgan fingerprint density at radius 2 is 1.83 bits per heavy atom. The van der Waals surface area contributed by atoms with Crippen molar-refractivity contribution < 1.29 is 18.0 Å². The minimum atomic E-state index is -3.16. The van der Waals surface area contributed by atoms with Crippen LogP contribution >= 0.6 is 0 Å². The SMILES string of the molecule is CCS(=O)(=O)CCN1C(=O)C(=O)c2ccccc21. The lowest BCUT2D eigenvalue weighted by atomic mass is 10.1. The number of benzene rings is 1. The predicted molar refractivity (Wildman–Crippen MR) is 67.5 cm³/mol. The molecule has 1 aromatic rings. The van der Waals surface area contributed by atoms with Gasteiger partial charge in [0.05, 0.1) is 17.0 Å². The van der Waals surface area contributed by atoms with E-state index >= 15 is 0 Å². The van der Waals surface area contributed by atoms with Gasteiger partial charge < -0.3 is 4.90 Å². The van der Waals surface area contributed by atoms with Crippen molar-refractivity contribution >= 4 is 27.2 Å². The van der Waals surface area contributed by atoms with Gasteiger partial charge in [0.2, 0.25) is 0 Å². The fourth-order valence-electron chi connectivity index (χ4n) is 1.84. The molecule has 1 aliphatic heterocycles. The van der Waals surface area contributed by atoms with E-state index in [-0.39, 0.29) is 18.1 Å². The second kappa shape index (κ2) is 4.53. The number of hydrogen-bond acceptors (Lipinski definition) is 4. The van der Waals surface area contributed by atoms with Crippen molar-refractivity contribution in [1.29, 1.82) is 0 Å². The molecule has 0 bridgehead atoms. The van der Waals surface area contributed by atoms with Gasteiger partial charge in [-0.1, -0.05) is 19.1 Å². The van der Waals surface area contributed by atoms with Gasteiger partial charge in [-0.25, -0.2) is 8.42 Å². The Balaban J connectivity index is 2.25. The van der Waals surface area contributed by atoms with Crippen molar-refractivity contribution in [2.45, 2.75) is 6.92 Å². The summed E-state index contributed by atoms with van der Waals surface area (Å²) >= 11 is 0. The van der Waals surface area contributed by atoms with E-state index in [0.29, 0.717) is 11.3 Å². The fourth-order valence-corrected chi connectivity index (χ4v) is 2.59. The first-order valence-corrected chi connectivity index (χ1v) is 7.44. The molecule has 0 N–H and O–H groups in total. The third-order valence-corrected chi connectivity index (χ3v) is 4.63. The van der Waals surface area contributed by atoms with Crippen LogP contribution in [0.15, 0.2) is 24.3 Å². The average Bonchev–Trinajstić information content (AvgIpc) is 2.61. The number of carbonyl (C=O) groups is 2. The molecule has 1 heterocycles. The zero-order valence-electron chi connectivity index (χ0n) is 9.92. The van der Waals surface area contributed by atoms with Crippen molar-refractivity contribution in [2.24, 2.45) is 0 Å². The zero-order valence-corrected chi connectivity index (χ0v) is 10.7. The number of nitrogens with zero attached hydrogens (tertiary/aromatic N) is 1. The molecule has 0 aliphatic carbocycles. The Morgan fingerprint density at radius 3 is 2.50 bits per heavy atom. The van der Waals surface area contributed by atoms with Crippen LogP contribution in [0.1, 0.15) is 17.3 Å². The molecule has 0 spiro atoms. The minimum Gasteiger partial charge on any atom is -0.304 e. The summed E-state index contributed by atoms with van der Waals surface area (Å²) in [4.78, 5) is 24.7. The highest BCUT2D eigenvalue weighted by Crippen LogP contribution is 2.28. The molecule has 0 aromatic heterocycles. The van der Waals surface area contributed by atoms with Crippen molar-refractivity contribution in [2.75, 3.05) is 23.0 Å². The normalized spacial score (nSPS) is 15.1. The Hall–Kier alpha value is -1.69. The van der Waals surface area contributed by atoms with E-state index in [2.05, 4.69) is 0 Å². The molecule has 0 unspecified atom stereocenters. The van der Waals surface area contributed by atoms with Gasteiger partial charge in [-0.05, 0) is 12.1 Å². The van der Waals surface area contributed by atoms with Gasteiger partial charge in [0.25, 0.3) is 11.7 Å². The zero-order chi connectivity index (χ0) is 13.3. The van der Waals surface area contributed by atoms with E-state index in [1.807, 2.05) is 0 Å². The van der Waals surface area contributed by atoms with Gasteiger partial charge in [-0.3, -0.25) is 9.59 Å². The molecule has 1 amide bonds. The molecule has 0 saturated heterocycles. The third-order valence-electron chi connectivity index (χ3n) is 2.94. The topological polar surface area (TPSA) is 71.5 Å². The lowest BCUT2D eigenvalue weighted by molar-refractivity contribution is -0.114. The number of sulfone groups is 1. The molecular weight excluding hydrogens is 254 g/mol. The van der Waals surface area contributed by atoms with Crippen molar-refractivity contribution in [3.8, 4) is 0 Å². The molecule has 0 atom stereocenters. The summed E-state index contributed by atoms with van der Waals surface area (Å²) in [6.07, 6.45) is 0. The number of carbonyl (C=O) groups excluding carboxylic acids is 2. The Morgan fingerprint density at radius 1 is 1.17 bits per heavy atom. The number of ketones is 1. The molecule has 5 nitrogen and oxygen atoms in total. The lowest BCUT2D eigenvalue weighted by Crippen LogP contribution is -2.34. The molecule has 2 rings (SSSR count). The van der Waals surface area contributed by atoms with E-state index in [1.165, 1.54) is 4.90 Å². The Bertz CT molecular complexity index is 606. The van der Waals surface area contributed by atoms with E-state index in [4.69, 9.17) is 0 Å². The highest BCUT2D eigenvalue weighted by Gasteiger charge is 2.35. The van der Waals surface area contributed by atoms with Crippen molar-refractivity contribution in [3.05, 3.63) is 29.8 Å². The summed E-state index contributed by atoms with van der Waals surface area (Å²) in [7, 11) is -3.16. The van der Waals surface area contributed by atoms with E-state index < -0.39 is 21.5 Å². The highest BCUT2D eigenvalue weighted by atomic mass is 32.2. The summed E-state index contributed by atoms with van der Waals surface area (Å²) in [5, 5.41) is 0. The van der Waals surface area contributed by atoms with Crippen LogP contribution in [0.25, 0.3) is 0 Å². The quantitative estimate of drug-likeness (QED) is 0.751. The highest BCUT2D eigenvalue weighted by molar-refractivity contribution is 7.91. The molecule has 0 saturated carbocycles. The van der Waals surface area contributed by atoms with Crippen LogP contribution in [0.3, 0.4) is 0 Å². The number of fused-ring (bicyclic) bond motifs is 1. The molecule has 1 aromatic carbocycles. The molecule has 0 radical (unpaired) electrons. The van der Waals surface area contributed by atoms with E-state index in [9.17, 15) is 18.0 Å². The van der Waals surface area contributed by atoms with Crippen LogP contribution in [-0.2, 0) is 14.6 Å². The summed E-state index contributed by atoms with van der Waals surface area (Å²) in [6.45, 7) is 1.58. The standard InChI is InChI=1S/C12H13NO4S/c1-2-18(16,17)8-7-13-10-6-4-3-5-9(10)11(14)12(13)15/h3-6H,2,7-8H2,1H3. The minimum absolute atomic E-state index is 0.0256. The number of anilines is 1. The van der Waals surface area contributed by atoms with E-state index in [0.717, 1.165) is 0 Å². The fraction of sp³-hybridized carbons (Fsp3) is 0.333. The number of amides is 1. The summed E-state index contributed by atoms with van der Waals surface area (Å²) in [5.74, 6) is -1.32. The first-order valence-electron chi connectivity index (χ1n) is 5.62. The molecule has 1 aliphatic rings. The largest absolute Gasteiger partial charge is 0.304 e. The van der Waals surface area contributed by atoms with Gasteiger partial charge in [0, 0.05) is 12.3 Å². The lowest BCUT2D eigenvalue weighted by Gasteiger charge is -2.15. The van der Waals surface area contributed by atoms with Crippen LogP contribution in [0.2, 0.25) is 0 Å². The maximum Gasteiger partial charge on any atom is 0.299 e.